The van der Waals surface area contributed by atoms with Gasteiger partial charge >= 0.3 is 12.1 Å². The van der Waals surface area contributed by atoms with Crippen molar-refractivity contribution in [1.82, 2.24) is 15.6 Å². The van der Waals surface area contributed by atoms with E-state index in [0.29, 0.717) is 0 Å². The van der Waals surface area contributed by atoms with Crippen LogP contribution in [0.3, 0.4) is 0 Å². The molecule has 1 atom stereocenters. The molecule has 10 heteroatoms. The van der Waals surface area contributed by atoms with Gasteiger partial charge in [-0.25, -0.2) is 19.0 Å². The van der Waals surface area contributed by atoms with E-state index < -0.39 is 41.0 Å². The minimum Gasteiger partial charge on any atom is -0.458 e. The Kier molecular flexibility index (Phi) is 8.77. The van der Waals surface area contributed by atoms with Gasteiger partial charge in [-0.05, 0) is 53.7 Å². The first-order valence-corrected chi connectivity index (χ1v) is 9.54. The minimum absolute atomic E-state index is 0.0701. The van der Waals surface area contributed by atoms with Crippen molar-refractivity contribution in [2.45, 2.75) is 58.8 Å². The van der Waals surface area contributed by atoms with Crippen LogP contribution in [-0.2, 0) is 19.1 Å². The van der Waals surface area contributed by atoms with E-state index in [2.05, 4.69) is 15.6 Å². The smallest absolute Gasteiger partial charge is 0.408 e. The molecule has 0 saturated carbocycles. The third-order valence-corrected chi connectivity index (χ3v) is 3.42. The first-order valence-electron chi connectivity index (χ1n) is 9.16. The number of halogens is 2. The number of aromatic nitrogens is 1. The number of nitrogens with zero attached hydrogens (tertiary/aromatic N) is 1. The second-order valence-electron chi connectivity index (χ2n) is 8.32. The molecule has 2 N–H and O–H groups in total. The van der Waals surface area contributed by atoms with E-state index in [-0.39, 0.29) is 17.3 Å². The lowest BCUT2D eigenvalue weighted by molar-refractivity contribution is -0.157. The Morgan fingerprint density at radius 3 is 2.33 bits per heavy atom. The van der Waals surface area contributed by atoms with Gasteiger partial charge in [-0.15, -0.1) is 0 Å². The normalized spacial score (nSPS) is 12.9. The van der Waals surface area contributed by atoms with E-state index in [4.69, 9.17) is 21.1 Å². The maximum absolute atomic E-state index is 13.8. The number of alkyl carbamates (subject to hydrolysis) is 1. The summed E-state index contributed by atoms with van der Waals surface area (Å²) in [5, 5.41) is 4.52. The Balaban J connectivity index is 2.81. The van der Waals surface area contributed by atoms with Crippen molar-refractivity contribution < 1.29 is 28.2 Å². The number of nitrogens with one attached hydrogen (secondary N) is 2. The van der Waals surface area contributed by atoms with Crippen LogP contribution in [0.1, 0.15) is 47.1 Å². The standard InChI is InChI=1S/C20H27ClFN3O5/c1-19(2,3)29-17(27)13(25-18(28)30-20(4,5)6)11-24-14(26)8-7-12-9-10-23-16(21)15(12)22/h7-10,13H,11H2,1-6H3,(H,24,26)(H,25,28)/b8-7+. The van der Waals surface area contributed by atoms with Gasteiger partial charge < -0.3 is 20.1 Å². The zero-order valence-electron chi connectivity index (χ0n) is 17.8. The highest BCUT2D eigenvalue weighted by molar-refractivity contribution is 6.29. The number of carbonyl (C=O) groups excluding carboxylic acids is 3. The zero-order valence-corrected chi connectivity index (χ0v) is 18.6. The summed E-state index contributed by atoms with van der Waals surface area (Å²) in [5.74, 6) is -2.13. The molecule has 2 amide bonds. The molecule has 1 aromatic rings. The summed E-state index contributed by atoms with van der Waals surface area (Å²) in [6.45, 7) is 9.77. The van der Waals surface area contributed by atoms with Crippen LogP contribution in [0.2, 0.25) is 5.15 Å². The molecular formula is C20H27ClFN3O5. The van der Waals surface area contributed by atoms with Gasteiger partial charge in [0.05, 0.1) is 0 Å². The fraction of sp³-hybridized carbons (Fsp3) is 0.500. The lowest BCUT2D eigenvalue weighted by atomic mass is 10.2. The van der Waals surface area contributed by atoms with Gasteiger partial charge in [0.2, 0.25) is 5.91 Å². The molecule has 0 aliphatic carbocycles. The number of amides is 2. The molecule has 8 nitrogen and oxygen atoms in total. The first-order chi connectivity index (χ1) is 13.7. The first kappa shape index (κ1) is 25.4. The Hall–Kier alpha value is -2.68. The molecule has 1 heterocycles. The number of carbonyl (C=O) groups is 3. The summed E-state index contributed by atoms with van der Waals surface area (Å²) in [6, 6.07) is 0.155. The van der Waals surface area contributed by atoms with E-state index in [1.165, 1.54) is 18.3 Å². The van der Waals surface area contributed by atoms with Crippen molar-refractivity contribution in [2.75, 3.05) is 6.54 Å². The number of hydrogen-bond donors (Lipinski definition) is 2. The van der Waals surface area contributed by atoms with Crippen LogP contribution in [0, 0.1) is 5.82 Å². The summed E-state index contributed by atoms with van der Waals surface area (Å²) >= 11 is 5.59. The van der Waals surface area contributed by atoms with Gasteiger partial charge in [-0.3, -0.25) is 4.79 Å². The van der Waals surface area contributed by atoms with E-state index >= 15 is 0 Å². The third-order valence-electron chi connectivity index (χ3n) is 3.15. The van der Waals surface area contributed by atoms with Crippen LogP contribution in [0.25, 0.3) is 6.08 Å². The van der Waals surface area contributed by atoms with Gasteiger partial charge in [0, 0.05) is 24.4 Å². The largest absolute Gasteiger partial charge is 0.458 e. The van der Waals surface area contributed by atoms with E-state index in [1.54, 1.807) is 41.5 Å². The molecule has 0 fully saturated rings. The average Bonchev–Trinajstić information content (AvgIpc) is 2.56. The van der Waals surface area contributed by atoms with Gasteiger partial charge in [0.25, 0.3) is 0 Å². The van der Waals surface area contributed by atoms with Gasteiger partial charge in [-0.2, -0.15) is 0 Å². The fourth-order valence-electron chi connectivity index (χ4n) is 2.00. The molecule has 0 aliphatic rings. The molecule has 0 spiro atoms. The molecule has 0 aliphatic heterocycles. The molecule has 30 heavy (non-hydrogen) atoms. The quantitative estimate of drug-likeness (QED) is 0.397. The summed E-state index contributed by atoms with van der Waals surface area (Å²) < 4.78 is 24.2. The molecular weight excluding hydrogens is 417 g/mol. The Morgan fingerprint density at radius 2 is 1.77 bits per heavy atom. The molecule has 1 aromatic heterocycles. The van der Waals surface area contributed by atoms with Crippen LogP contribution in [-0.4, -0.2) is 46.7 Å². The zero-order chi connectivity index (χ0) is 23.1. The SMILES string of the molecule is CC(C)(C)OC(=O)NC(CNC(=O)/C=C/c1ccnc(Cl)c1F)C(=O)OC(C)(C)C. The Labute approximate surface area is 180 Å². The van der Waals surface area contributed by atoms with Crippen LogP contribution < -0.4 is 10.6 Å². The molecule has 0 bridgehead atoms. The molecule has 1 unspecified atom stereocenters. The number of ether oxygens (including phenoxy) is 2. The lowest BCUT2D eigenvalue weighted by Gasteiger charge is -2.26. The molecule has 1 rings (SSSR count). The molecule has 0 radical (unpaired) electrons. The molecule has 0 aromatic carbocycles. The van der Waals surface area contributed by atoms with Crippen molar-refractivity contribution in [1.29, 1.82) is 0 Å². The monoisotopic (exact) mass is 443 g/mol. The number of pyridine rings is 1. The van der Waals surface area contributed by atoms with E-state index in [1.807, 2.05) is 0 Å². The third kappa shape index (κ3) is 9.69. The number of esters is 1. The topological polar surface area (TPSA) is 107 Å². The van der Waals surface area contributed by atoms with E-state index in [9.17, 15) is 18.8 Å². The van der Waals surface area contributed by atoms with Crippen molar-refractivity contribution in [3.8, 4) is 0 Å². The minimum atomic E-state index is -1.19. The maximum Gasteiger partial charge on any atom is 0.408 e. The van der Waals surface area contributed by atoms with Gasteiger partial charge in [0.1, 0.15) is 17.2 Å². The second kappa shape index (κ2) is 10.4. The van der Waals surface area contributed by atoms with Gasteiger partial charge in [0.15, 0.2) is 11.0 Å². The molecule has 166 valence electrons. The van der Waals surface area contributed by atoms with Crippen molar-refractivity contribution in [3.63, 3.8) is 0 Å². The van der Waals surface area contributed by atoms with E-state index in [0.717, 1.165) is 6.08 Å². The van der Waals surface area contributed by atoms with Crippen LogP contribution >= 0.6 is 11.6 Å². The summed E-state index contributed by atoms with van der Waals surface area (Å²) in [6.07, 6.45) is 2.74. The maximum atomic E-state index is 13.8. The average molecular weight is 444 g/mol. The number of hydrogen-bond acceptors (Lipinski definition) is 6. The van der Waals surface area contributed by atoms with Crippen LogP contribution in [0.15, 0.2) is 18.3 Å². The summed E-state index contributed by atoms with van der Waals surface area (Å²) in [4.78, 5) is 40.1. The van der Waals surface area contributed by atoms with Gasteiger partial charge in [-0.1, -0.05) is 11.6 Å². The predicted molar refractivity (Wildman–Crippen MR) is 110 cm³/mol. The Bertz CT molecular complexity index is 816. The fourth-order valence-corrected chi connectivity index (χ4v) is 2.17. The predicted octanol–water partition coefficient (Wildman–Crippen LogP) is 3.24. The Morgan fingerprint density at radius 1 is 1.17 bits per heavy atom. The lowest BCUT2D eigenvalue weighted by Crippen LogP contribution is -2.51. The number of rotatable bonds is 6. The summed E-state index contributed by atoms with van der Waals surface area (Å²) in [7, 11) is 0. The second-order valence-corrected chi connectivity index (χ2v) is 8.67. The van der Waals surface area contributed by atoms with Crippen LogP contribution in [0.5, 0.6) is 0 Å². The molecule has 0 saturated heterocycles. The van der Waals surface area contributed by atoms with Crippen molar-refractivity contribution in [3.05, 3.63) is 34.9 Å². The summed E-state index contributed by atoms with van der Waals surface area (Å²) in [5.41, 5.74) is -1.50. The highest BCUT2D eigenvalue weighted by Gasteiger charge is 2.28. The highest BCUT2D eigenvalue weighted by Crippen LogP contribution is 2.16. The highest BCUT2D eigenvalue weighted by atomic mass is 35.5. The van der Waals surface area contributed by atoms with Crippen molar-refractivity contribution in [2.24, 2.45) is 0 Å². The van der Waals surface area contributed by atoms with Crippen LogP contribution in [0.4, 0.5) is 9.18 Å². The van der Waals surface area contributed by atoms with Crippen molar-refractivity contribution >= 4 is 35.6 Å².